The number of hydrogen-bond donors (Lipinski definition) is 0. The van der Waals surface area contributed by atoms with Crippen LogP contribution < -0.4 is 0 Å². The fourth-order valence-corrected chi connectivity index (χ4v) is 2.27. The first kappa shape index (κ1) is 26.2. The lowest BCUT2D eigenvalue weighted by atomic mass is 10.1. The van der Waals surface area contributed by atoms with Crippen molar-refractivity contribution in [2.45, 2.75) is 68.4 Å². The van der Waals surface area contributed by atoms with Crippen LogP contribution >= 0.6 is 11.6 Å². The van der Waals surface area contributed by atoms with E-state index in [0.717, 1.165) is 22.9 Å². The van der Waals surface area contributed by atoms with Gasteiger partial charge in [0.05, 0.1) is 23.7 Å². The third-order valence-electron chi connectivity index (χ3n) is 3.38. The average Bonchev–Trinajstić information content (AvgIpc) is 3.11. The van der Waals surface area contributed by atoms with Crippen LogP contribution in [0.5, 0.6) is 0 Å². The Morgan fingerprint density at radius 1 is 1.19 bits per heavy atom. The topological polar surface area (TPSA) is 41.6 Å². The standard InChI is InChI=1S/C16H16ClN3.3C2H6/c1-4-11(2)15(12(3)17)10-20-9-14-6-5-13(8-18)7-16(14)19-20;3*1-2/h5-7,9H,3-4,10H2,1-2H3;3*1-2H3/b15-11+;;;. The normalized spacial score (nSPS) is 10.0. The maximum atomic E-state index is 8.91. The van der Waals surface area contributed by atoms with Crippen molar-refractivity contribution in [1.82, 2.24) is 9.78 Å². The summed E-state index contributed by atoms with van der Waals surface area (Å²) in [6, 6.07) is 7.61. The highest BCUT2D eigenvalue weighted by atomic mass is 35.5. The van der Waals surface area contributed by atoms with Crippen LogP contribution in [-0.4, -0.2) is 9.78 Å². The maximum Gasteiger partial charge on any atom is 0.0992 e. The van der Waals surface area contributed by atoms with E-state index in [0.29, 0.717) is 17.1 Å². The zero-order valence-electron chi connectivity index (χ0n) is 17.7. The van der Waals surface area contributed by atoms with Crippen LogP contribution in [0.2, 0.25) is 0 Å². The van der Waals surface area contributed by atoms with Crippen LogP contribution in [0, 0.1) is 11.3 Å². The smallest absolute Gasteiger partial charge is 0.0992 e. The predicted molar refractivity (Wildman–Crippen MR) is 116 cm³/mol. The molecule has 1 aromatic heterocycles. The number of hydrogen-bond acceptors (Lipinski definition) is 2. The lowest BCUT2D eigenvalue weighted by Crippen LogP contribution is -2.03. The summed E-state index contributed by atoms with van der Waals surface area (Å²) in [5.74, 6) is 0. The number of nitrogens with zero attached hydrogens (tertiary/aromatic N) is 3. The van der Waals surface area contributed by atoms with Crippen molar-refractivity contribution in [1.29, 1.82) is 5.26 Å². The van der Waals surface area contributed by atoms with Gasteiger partial charge in [-0.15, -0.1) is 0 Å². The Morgan fingerprint density at radius 2 is 1.77 bits per heavy atom. The molecular formula is C22H34ClN3. The first-order valence-corrected chi connectivity index (χ1v) is 9.83. The van der Waals surface area contributed by atoms with E-state index in [9.17, 15) is 0 Å². The lowest BCUT2D eigenvalue weighted by molar-refractivity contribution is 0.686. The van der Waals surface area contributed by atoms with Crippen LogP contribution in [0.1, 0.15) is 67.4 Å². The molecule has 0 aliphatic heterocycles. The molecule has 4 heteroatoms. The quantitative estimate of drug-likeness (QED) is 0.520. The van der Waals surface area contributed by atoms with Crippen molar-refractivity contribution < 1.29 is 0 Å². The number of halogens is 1. The van der Waals surface area contributed by atoms with Crippen LogP contribution in [0.3, 0.4) is 0 Å². The molecule has 0 saturated heterocycles. The molecule has 0 amide bonds. The molecule has 26 heavy (non-hydrogen) atoms. The second-order valence-corrected chi connectivity index (χ2v) is 5.19. The largest absolute Gasteiger partial charge is 0.267 e. The zero-order chi connectivity index (χ0) is 20.7. The fraction of sp³-hybridized carbons (Fsp3) is 0.455. The van der Waals surface area contributed by atoms with E-state index >= 15 is 0 Å². The summed E-state index contributed by atoms with van der Waals surface area (Å²) in [6.45, 7) is 20.6. The molecule has 2 aromatic rings. The minimum atomic E-state index is 0.557. The van der Waals surface area contributed by atoms with E-state index in [1.54, 1.807) is 12.1 Å². The van der Waals surface area contributed by atoms with Crippen LogP contribution in [0.4, 0.5) is 0 Å². The van der Waals surface area contributed by atoms with Gasteiger partial charge in [-0.3, -0.25) is 4.68 Å². The number of allylic oxidation sites excluding steroid dienone is 3. The summed E-state index contributed by atoms with van der Waals surface area (Å²) in [7, 11) is 0. The molecule has 0 N–H and O–H groups in total. The number of fused-ring (bicyclic) bond motifs is 1. The van der Waals surface area contributed by atoms with Gasteiger partial charge in [0.1, 0.15) is 0 Å². The number of aromatic nitrogens is 2. The van der Waals surface area contributed by atoms with Crippen LogP contribution in [0.25, 0.3) is 10.9 Å². The SMILES string of the molecule is C=C(Cl)/C(Cn1cc2ccc(C#N)cc2n1)=C(\C)CC.CC.CC.CC. The van der Waals surface area contributed by atoms with Crippen molar-refractivity contribution in [3.63, 3.8) is 0 Å². The van der Waals surface area contributed by atoms with E-state index in [4.69, 9.17) is 16.9 Å². The zero-order valence-corrected chi connectivity index (χ0v) is 18.4. The minimum Gasteiger partial charge on any atom is -0.267 e. The van der Waals surface area contributed by atoms with E-state index in [2.05, 4.69) is 31.6 Å². The molecule has 1 aromatic carbocycles. The Hall–Kier alpha value is -2.05. The van der Waals surface area contributed by atoms with Gasteiger partial charge in [-0.25, -0.2) is 0 Å². The second kappa shape index (κ2) is 15.2. The van der Waals surface area contributed by atoms with Crippen molar-refractivity contribution in [3.05, 3.63) is 52.7 Å². The van der Waals surface area contributed by atoms with E-state index in [1.807, 2.05) is 58.5 Å². The minimum absolute atomic E-state index is 0.557. The van der Waals surface area contributed by atoms with Gasteiger partial charge in [-0.05, 0) is 37.1 Å². The summed E-state index contributed by atoms with van der Waals surface area (Å²) in [6.07, 6.45) is 2.89. The van der Waals surface area contributed by atoms with Gasteiger partial charge in [0.2, 0.25) is 0 Å². The Kier molecular flexibility index (Phi) is 15.3. The molecule has 0 fully saturated rings. The lowest BCUT2D eigenvalue weighted by Gasteiger charge is -2.09. The first-order valence-electron chi connectivity index (χ1n) is 9.46. The fourth-order valence-electron chi connectivity index (χ4n) is 2.05. The summed E-state index contributed by atoms with van der Waals surface area (Å²) in [5.41, 5.74) is 3.66. The molecule has 2 rings (SSSR count). The molecule has 0 saturated carbocycles. The third kappa shape index (κ3) is 7.89. The molecule has 0 aliphatic rings. The van der Waals surface area contributed by atoms with Crippen molar-refractivity contribution >= 4 is 22.5 Å². The summed E-state index contributed by atoms with van der Waals surface area (Å²) < 4.78 is 1.84. The van der Waals surface area contributed by atoms with Crippen LogP contribution in [0.15, 0.2) is 47.2 Å². The summed E-state index contributed by atoms with van der Waals surface area (Å²) >= 11 is 6.08. The Balaban J connectivity index is 0. The second-order valence-electron chi connectivity index (χ2n) is 4.73. The van der Waals surface area contributed by atoms with Crippen molar-refractivity contribution in [3.8, 4) is 6.07 Å². The van der Waals surface area contributed by atoms with E-state index < -0.39 is 0 Å². The molecule has 0 aliphatic carbocycles. The summed E-state index contributed by atoms with van der Waals surface area (Å²) in [4.78, 5) is 0. The monoisotopic (exact) mass is 375 g/mol. The predicted octanol–water partition coefficient (Wildman–Crippen LogP) is 7.47. The Labute approximate surface area is 165 Å². The number of benzene rings is 1. The molecule has 144 valence electrons. The van der Waals surface area contributed by atoms with Crippen molar-refractivity contribution in [2.75, 3.05) is 0 Å². The molecule has 0 unspecified atom stereocenters. The molecule has 0 spiro atoms. The highest BCUT2D eigenvalue weighted by Crippen LogP contribution is 2.22. The molecular weight excluding hydrogens is 342 g/mol. The highest BCUT2D eigenvalue weighted by molar-refractivity contribution is 6.31. The van der Waals surface area contributed by atoms with E-state index in [1.165, 1.54) is 5.57 Å². The maximum absolute atomic E-state index is 8.91. The third-order valence-corrected chi connectivity index (χ3v) is 3.61. The molecule has 3 nitrogen and oxygen atoms in total. The Morgan fingerprint density at radius 3 is 2.23 bits per heavy atom. The Bertz CT molecular complexity index is 733. The molecule has 0 atom stereocenters. The van der Waals surface area contributed by atoms with Gasteiger partial charge in [0, 0.05) is 16.6 Å². The van der Waals surface area contributed by atoms with Crippen LogP contribution in [-0.2, 0) is 6.54 Å². The van der Waals surface area contributed by atoms with Gasteiger partial charge in [-0.2, -0.15) is 10.4 Å². The van der Waals surface area contributed by atoms with Gasteiger partial charge < -0.3 is 0 Å². The van der Waals surface area contributed by atoms with E-state index in [-0.39, 0.29) is 0 Å². The average molecular weight is 376 g/mol. The van der Waals surface area contributed by atoms with Gasteiger partial charge in [0.15, 0.2) is 0 Å². The highest BCUT2D eigenvalue weighted by Gasteiger charge is 2.08. The molecule has 0 bridgehead atoms. The summed E-state index contributed by atoms with van der Waals surface area (Å²) in [5, 5.41) is 15.0. The van der Waals surface area contributed by atoms with Gasteiger partial charge in [0.25, 0.3) is 0 Å². The van der Waals surface area contributed by atoms with Gasteiger partial charge in [-0.1, -0.05) is 72.2 Å². The molecule has 0 radical (unpaired) electrons. The number of nitriles is 1. The van der Waals surface area contributed by atoms with Gasteiger partial charge >= 0.3 is 0 Å². The van der Waals surface area contributed by atoms with Crippen molar-refractivity contribution in [2.24, 2.45) is 0 Å². The molecule has 1 heterocycles. The number of rotatable bonds is 4. The first-order chi connectivity index (χ1) is 12.5.